The number of carbonyl (C=O) groups is 2. The van der Waals surface area contributed by atoms with Crippen molar-refractivity contribution in [2.45, 2.75) is 13.3 Å². The molecule has 6 heteroatoms. The largest absolute Gasteiger partial charge is 0.513 e. The maximum Gasteiger partial charge on any atom is 0.513 e. The summed E-state index contributed by atoms with van der Waals surface area (Å²) in [4.78, 5) is 22.0. The summed E-state index contributed by atoms with van der Waals surface area (Å²) in [5.74, 6) is -0.0489. The first kappa shape index (κ1) is 13.8. The number of ether oxygens (including phenoxy) is 2. The van der Waals surface area contributed by atoms with E-state index in [9.17, 15) is 9.59 Å². The molecular formula is C11H10Cl2O4. The maximum absolute atomic E-state index is 11.2. The first-order chi connectivity index (χ1) is 8.08. The molecule has 0 unspecified atom stereocenters. The molecule has 0 aliphatic carbocycles. The highest BCUT2D eigenvalue weighted by atomic mass is 35.5. The summed E-state index contributed by atoms with van der Waals surface area (Å²) >= 11 is 11.5. The number of aldehydes is 1. The molecule has 0 saturated heterocycles. The van der Waals surface area contributed by atoms with Crippen LogP contribution in [0.5, 0.6) is 5.75 Å². The van der Waals surface area contributed by atoms with Crippen molar-refractivity contribution in [3.8, 4) is 5.75 Å². The van der Waals surface area contributed by atoms with Crippen LogP contribution < -0.4 is 4.74 Å². The van der Waals surface area contributed by atoms with Crippen molar-refractivity contribution in [3.05, 3.63) is 27.7 Å². The minimum Gasteiger partial charge on any atom is -0.434 e. The van der Waals surface area contributed by atoms with Crippen LogP contribution >= 0.6 is 23.2 Å². The van der Waals surface area contributed by atoms with Gasteiger partial charge in [0.25, 0.3) is 0 Å². The third-order valence-electron chi connectivity index (χ3n) is 1.77. The normalized spacial score (nSPS) is 9.82. The molecule has 1 rings (SSSR count). The Morgan fingerprint density at radius 2 is 2.12 bits per heavy atom. The molecule has 0 bridgehead atoms. The van der Waals surface area contributed by atoms with E-state index in [1.54, 1.807) is 0 Å². The zero-order valence-corrected chi connectivity index (χ0v) is 10.5. The van der Waals surface area contributed by atoms with Gasteiger partial charge in [-0.15, -0.1) is 0 Å². The van der Waals surface area contributed by atoms with E-state index in [1.807, 2.05) is 6.92 Å². The van der Waals surface area contributed by atoms with Gasteiger partial charge in [0.2, 0.25) is 0 Å². The van der Waals surface area contributed by atoms with Crippen LogP contribution in [-0.4, -0.2) is 19.0 Å². The second kappa shape index (κ2) is 6.47. The van der Waals surface area contributed by atoms with Crippen LogP contribution in [0.15, 0.2) is 12.1 Å². The molecule has 0 spiro atoms. The fraction of sp³-hybridized carbons (Fsp3) is 0.273. The Morgan fingerprint density at radius 3 is 2.71 bits per heavy atom. The van der Waals surface area contributed by atoms with E-state index in [2.05, 4.69) is 0 Å². The van der Waals surface area contributed by atoms with Gasteiger partial charge in [-0.1, -0.05) is 30.1 Å². The Bertz CT molecular complexity index is 432. The summed E-state index contributed by atoms with van der Waals surface area (Å²) in [6, 6.07) is 2.72. The molecule has 0 aliphatic heterocycles. The first-order valence-electron chi connectivity index (χ1n) is 4.87. The van der Waals surface area contributed by atoms with Gasteiger partial charge in [0.05, 0.1) is 17.2 Å². The summed E-state index contributed by atoms with van der Waals surface area (Å²) in [6.07, 6.45) is 0.267. The van der Waals surface area contributed by atoms with E-state index in [-0.39, 0.29) is 28.0 Å². The Labute approximate surface area is 108 Å². The molecule has 0 amide bonds. The van der Waals surface area contributed by atoms with Crippen LogP contribution in [0.2, 0.25) is 10.0 Å². The zero-order valence-electron chi connectivity index (χ0n) is 9.04. The predicted molar refractivity (Wildman–Crippen MR) is 64.1 cm³/mol. The third kappa shape index (κ3) is 3.91. The van der Waals surface area contributed by atoms with Gasteiger partial charge in [-0.3, -0.25) is 4.79 Å². The van der Waals surface area contributed by atoms with Crippen molar-refractivity contribution in [3.63, 3.8) is 0 Å². The topological polar surface area (TPSA) is 52.6 Å². The Hall–Kier alpha value is -1.26. The summed E-state index contributed by atoms with van der Waals surface area (Å²) in [6.45, 7) is 2.08. The van der Waals surface area contributed by atoms with Crippen molar-refractivity contribution in [1.29, 1.82) is 0 Å². The summed E-state index contributed by atoms with van der Waals surface area (Å²) in [5, 5.41) is 0.361. The number of benzene rings is 1. The summed E-state index contributed by atoms with van der Waals surface area (Å²) in [5.41, 5.74) is 0.0935. The molecule has 0 N–H and O–H groups in total. The van der Waals surface area contributed by atoms with Gasteiger partial charge in [-0.25, -0.2) is 4.79 Å². The van der Waals surface area contributed by atoms with Gasteiger partial charge < -0.3 is 9.47 Å². The lowest BCUT2D eigenvalue weighted by molar-refractivity contribution is 0.0984. The highest BCUT2D eigenvalue weighted by Crippen LogP contribution is 2.31. The van der Waals surface area contributed by atoms with Gasteiger partial charge in [0.15, 0.2) is 12.0 Å². The second-order valence-corrected chi connectivity index (χ2v) is 3.97. The molecule has 1 aromatic carbocycles. The van der Waals surface area contributed by atoms with Crippen molar-refractivity contribution in [2.75, 3.05) is 6.61 Å². The zero-order chi connectivity index (χ0) is 12.8. The SMILES string of the molecule is CCCOC(=O)Oc1c(Cl)cc(Cl)cc1C=O. The van der Waals surface area contributed by atoms with Gasteiger partial charge in [0, 0.05) is 5.02 Å². The lowest BCUT2D eigenvalue weighted by Gasteiger charge is -2.08. The molecule has 0 radical (unpaired) electrons. The smallest absolute Gasteiger partial charge is 0.434 e. The first-order valence-corrected chi connectivity index (χ1v) is 5.63. The average molecular weight is 277 g/mol. The molecular weight excluding hydrogens is 267 g/mol. The van der Waals surface area contributed by atoms with E-state index in [0.29, 0.717) is 12.7 Å². The standard InChI is InChI=1S/C11H10Cl2O4/c1-2-3-16-11(15)17-10-7(6-14)4-8(12)5-9(10)13/h4-6H,2-3H2,1H3. The van der Waals surface area contributed by atoms with E-state index in [0.717, 1.165) is 0 Å². The van der Waals surface area contributed by atoms with Crippen molar-refractivity contribution < 1.29 is 19.1 Å². The van der Waals surface area contributed by atoms with E-state index >= 15 is 0 Å². The molecule has 0 aromatic heterocycles. The molecule has 0 heterocycles. The van der Waals surface area contributed by atoms with Crippen LogP contribution in [0.3, 0.4) is 0 Å². The van der Waals surface area contributed by atoms with Crippen LogP contribution in [0.4, 0.5) is 4.79 Å². The number of halogens is 2. The van der Waals surface area contributed by atoms with Gasteiger partial charge in [0.1, 0.15) is 0 Å². The highest BCUT2D eigenvalue weighted by Gasteiger charge is 2.15. The second-order valence-electron chi connectivity index (χ2n) is 3.12. The monoisotopic (exact) mass is 276 g/mol. The van der Waals surface area contributed by atoms with Gasteiger partial charge in [-0.2, -0.15) is 0 Å². The molecule has 0 atom stereocenters. The maximum atomic E-state index is 11.2. The number of hydrogen-bond acceptors (Lipinski definition) is 4. The van der Waals surface area contributed by atoms with E-state index < -0.39 is 6.16 Å². The minimum absolute atomic E-state index is 0.0489. The predicted octanol–water partition coefficient (Wildman–Crippen LogP) is 3.73. The fourth-order valence-corrected chi connectivity index (χ4v) is 1.62. The van der Waals surface area contributed by atoms with E-state index in [4.69, 9.17) is 32.7 Å². The van der Waals surface area contributed by atoms with Gasteiger partial charge in [-0.05, 0) is 18.6 Å². The summed E-state index contributed by atoms with van der Waals surface area (Å²) in [7, 11) is 0. The third-order valence-corrected chi connectivity index (χ3v) is 2.27. The fourth-order valence-electron chi connectivity index (χ4n) is 1.07. The van der Waals surface area contributed by atoms with Crippen LogP contribution in [-0.2, 0) is 4.74 Å². The van der Waals surface area contributed by atoms with Crippen LogP contribution in [0, 0.1) is 0 Å². The van der Waals surface area contributed by atoms with E-state index in [1.165, 1.54) is 12.1 Å². The Kier molecular flexibility index (Phi) is 5.25. The molecule has 1 aromatic rings. The van der Waals surface area contributed by atoms with Crippen molar-refractivity contribution in [2.24, 2.45) is 0 Å². The van der Waals surface area contributed by atoms with Gasteiger partial charge >= 0.3 is 6.16 Å². The van der Waals surface area contributed by atoms with Crippen LogP contribution in [0.1, 0.15) is 23.7 Å². The molecule has 4 nitrogen and oxygen atoms in total. The molecule has 0 aliphatic rings. The Morgan fingerprint density at radius 1 is 1.41 bits per heavy atom. The lowest BCUT2D eigenvalue weighted by Crippen LogP contribution is -2.12. The quantitative estimate of drug-likeness (QED) is 0.478. The lowest BCUT2D eigenvalue weighted by atomic mass is 10.2. The highest BCUT2D eigenvalue weighted by molar-refractivity contribution is 6.36. The average Bonchev–Trinajstić information content (AvgIpc) is 2.29. The Balaban J connectivity index is 2.89. The number of carbonyl (C=O) groups excluding carboxylic acids is 2. The molecule has 92 valence electrons. The number of hydrogen-bond donors (Lipinski definition) is 0. The summed E-state index contributed by atoms with van der Waals surface area (Å²) < 4.78 is 9.55. The molecule has 0 fully saturated rings. The molecule has 17 heavy (non-hydrogen) atoms. The molecule has 0 saturated carbocycles. The van der Waals surface area contributed by atoms with Crippen molar-refractivity contribution in [1.82, 2.24) is 0 Å². The number of rotatable bonds is 4. The minimum atomic E-state index is -0.904. The van der Waals surface area contributed by atoms with Crippen LogP contribution in [0.25, 0.3) is 0 Å². The van der Waals surface area contributed by atoms with Crippen molar-refractivity contribution >= 4 is 35.6 Å².